The summed E-state index contributed by atoms with van der Waals surface area (Å²) in [7, 11) is 6.66. The van der Waals surface area contributed by atoms with Gasteiger partial charge in [0.2, 0.25) is 0 Å². The fourth-order valence-electron chi connectivity index (χ4n) is 4.35. The number of ether oxygens (including phenoxy) is 3. The summed E-state index contributed by atoms with van der Waals surface area (Å²) in [5.41, 5.74) is 3.34. The van der Waals surface area contributed by atoms with E-state index in [2.05, 4.69) is 15.2 Å². The molecule has 0 saturated heterocycles. The van der Waals surface area contributed by atoms with E-state index in [1.165, 1.54) is 23.1 Å². The van der Waals surface area contributed by atoms with Crippen molar-refractivity contribution < 1.29 is 19.0 Å². The minimum absolute atomic E-state index is 0.115. The highest BCUT2D eigenvalue weighted by atomic mass is 32.2. The van der Waals surface area contributed by atoms with Gasteiger partial charge in [-0.25, -0.2) is 4.98 Å². The Hall–Kier alpha value is -4.35. The van der Waals surface area contributed by atoms with Gasteiger partial charge in [0.05, 0.1) is 27.1 Å². The van der Waals surface area contributed by atoms with Crippen molar-refractivity contribution in [2.45, 2.75) is 17.3 Å². The molecule has 0 N–H and O–H groups in total. The molecule has 216 valence electrons. The van der Waals surface area contributed by atoms with Crippen LogP contribution in [-0.4, -0.2) is 65.5 Å². The van der Waals surface area contributed by atoms with Crippen molar-refractivity contribution in [3.05, 3.63) is 94.4 Å². The molecule has 1 amide bonds. The van der Waals surface area contributed by atoms with Gasteiger partial charge >= 0.3 is 0 Å². The Labute approximate surface area is 253 Å². The van der Waals surface area contributed by atoms with Crippen molar-refractivity contribution in [1.82, 2.24) is 24.6 Å². The summed E-state index contributed by atoms with van der Waals surface area (Å²) in [6, 6.07) is 23.5. The lowest BCUT2D eigenvalue weighted by Gasteiger charge is -2.16. The number of nitrogens with zero attached hydrogens (tertiary/aromatic N) is 5. The van der Waals surface area contributed by atoms with Gasteiger partial charge in [0, 0.05) is 30.2 Å². The standard InChI is InChI=1S/C31H31N5O4S2/c1-35(16-15-21-13-14-26(39-3)27(17-21)40-4)30(37)25-19-41-28(32-25)20-42-31-34-33-29(22-9-8-12-24(18-22)38-2)36(31)23-10-6-5-7-11-23/h5-14,17-19H,15-16,20H2,1-4H3. The summed E-state index contributed by atoms with van der Waals surface area (Å²) < 4.78 is 18.1. The van der Waals surface area contributed by atoms with Gasteiger partial charge in [-0.15, -0.1) is 21.5 Å². The number of thiazole rings is 1. The fraction of sp³-hybridized carbons (Fsp3) is 0.226. The molecule has 0 saturated carbocycles. The average molecular weight is 602 g/mol. The van der Waals surface area contributed by atoms with Gasteiger partial charge in [-0.3, -0.25) is 9.36 Å². The number of benzene rings is 3. The Balaban J connectivity index is 1.27. The third-order valence-corrected chi connectivity index (χ3v) is 8.57. The number of para-hydroxylation sites is 1. The van der Waals surface area contributed by atoms with E-state index in [1.54, 1.807) is 33.3 Å². The van der Waals surface area contributed by atoms with E-state index >= 15 is 0 Å². The van der Waals surface area contributed by atoms with Crippen LogP contribution >= 0.6 is 23.1 Å². The van der Waals surface area contributed by atoms with Crippen LogP contribution in [0.5, 0.6) is 17.2 Å². The quantitative estimate of drug-likeness (QED) is 0.160. The molecule has 0 spiro atoms. The summed E-state index contributed by atoms with van der Waals surface area (Å²) >= 11 is 2.99. The molecule has 0 fully saturated rings. The average Bonchev–Trinajstić information content (AvgIpc) is 3.70. The second-order valence-corrected chi connectivity index (χ2v) is 11.2. The summed E-state index contributed by atoms with van der Waals surface area (Å²) in [6.45, 7) is 0.545. The maximum atomic E-state index is 13.1. The van der Waals surface area contributed by atoms with E-state index in [0.29, 0.717) is 41.7 Å². The zero-order valence-corrected chi connectivity index (χ0v) is 25.4. The molecular weight excluding hydrogens is 571 g/mol. The van der Waals surface area contributed by atoms with Gasteiger partial charge in [-0.2, -0.15) is 0 Å². The molecule has 0 aliphatic heterocycles. The van der Waals surface area contributed by atoms with E-state index in [0.717, 1.165) is 32.7 Å². The van der Waals surface area contributed by atoms with Crippen molar-refractivity contribution in [3.63, 3.8) is 0 Å². The zero-order valence-electron chi connectivity index (χ0n) is 23.8. The summed E-state index contributed by atoms with van der Waals surface area (Å²) in [5, 5.41) is 12.4. The highest BCUT2D eigenvalue weighted by Gasteiger charge is 2.19. The predicted octanol–water partition coefficient (Wildman–Crippen LogP) is 6.02. The van der Waals surface area contributed by atoms with Gasteiger partial charge in [0.25, 0.3) is 5.91 Å². The third kappa shape index (κ3) is 6.58. The van der Waals surface area contributed by atoms with Crippen LogP contribution < -0.4 is 14.2 Å². The first-order valence-corrected chi connectivity index (χ1v) is 15.1. The first-order chi connectivity index (χ1) is 20.5. The van der Waals surface area contributed by atoms with Crippen LogP contribution in [-0.2, 0) is 12.2 Å². The van der Waals surface area contributed by atoms with Crippen molar-refractivity contribution in [3.8, 4) is 34.3 Å². The molecule has 5 aromatic rings. The molecule has 2 aromatic heterocycles. The Kier molecular flexibility index (Phi) is 9.40. The SMILES string of the molecule is COc1cccc(-c2nnc(SCc3nc(C(=O)N(C)CCc4ccc(OC)c(OC)c4)cs3)n2-c2ccccc2)c1. The molecular formula is C31H31N5O4S2. The van der Waals surface area contributed by atoms with Gasteiger partial charge < -0.3 is 19.1 Å². The summed E-state index contributed by atoms with van der Waals surface area (Å²) in [4.78, 5) is 19.4. The molecule has 0 aliphatic rings. The van der Waals surface area contributed by atoms with Crippen LogP contribution in [0, 0.1) is 0 Å². The second-order valence-electron chi connectivity index (χ2n) is 9.29. The monoisotopic (exact) mass is 601 g/mol. The van der Waals surface area contributed by atoms with Crippen molar-refractivity contribution in [1.29, 1.82) is 0 Å². The Morgan fingerprint density at radius 1 is 0.929 bits per heavy atom. The third-order valence-electron chi connectivity index (χ3n) is 6.60. The van der Waals surface area contributed by atoms with Gasteiger partial charge in [-0.05, 0) is 48.4 Å². The molecule has 11 heteroatoms. The number of hydrogen-bond donors (Lipinski definition) is 0. The molecule has 0 aliphatic carbocycles. The number of hydrogen-bond acceptors (Lipinski definition) is 9. The normalized spacial score (nSPS) is 10.9. The number of carbonyl (C=O) groups excluding carboxylic acids is 1. The topological polar surface area (TPSA) is 91.6 Å². The first-order valence-electron chi connectivity index (χ1n) is 13.2. The fourth-order valence-corrected chi connectivity index (χ4v) is 6.09. The van der Waals surface area contributed by atoms with E-state index in [-0.39, 0.29) is 5.91 Å². The number of carbonyl (C=O) groups is 1. The first kappa shape index (κ1) is 29.2. The molecule has 0 bridgehead atoms. The lowest BCUT2D eigenvalue weighted by atomic mass is 10.1. The van der Waals surface area contributed by atoms with Crippen LogP contribution in [0.25, 0.3) is 17.1 Å². The molecule has 2 heterocycles. The smallest absolute Gasteiger partial charge is 0.273 e. The number of amides is 1. The number of thioether (sulfide) groups is 1. The zero-order chi connectivity index (χ0) is 29.5. The predicted molar refractivity (Wildman–Crippen MR) is 165 cm³/mol. The molecule has 42 heavy (non-hydrogen) atoms. The minimum Gasteiger partial charge on any atom is -0.497 e. The summed E-state index contributed by atoms with van der Waals surface area (Å²) in [5.74, 6) is 3.25. The number of rotatable bonds is 12. The highest BCUT2D eigenvalue weighted by molar-refractivity contribution is 7.98. The van der Waals surface area contributed by atoms with Gasteiger partial charge in [0.15, 0.2) is 22.5 Å². The molecule has 0 atom stereocenters. The van der Waals surface area contributed by atoms with Crippen LogP contribution in [0.1, 0.15) is 21.1 Å². The van der Waals surface area contributed by atoms with Gasteiger partial charge in [0.1, 0.15) is 16.5 Å². The minimum atomic E-state index is -0.115. The highest BCUT2D eigenvalue weighted by Crippen LogP contribution is 2.32. The van der Waals surface area contributed by atoms with E-state index in [1.807, 2.05) is 82.7 Å². The van der Waals surface area contributed by atoms with Crippen LogP contribution in [0.2, 0.25) is 0 Å². The lowest BCUT2D eigenvalue weighted by molar-refractivity contribution is 0.0791. The Morgan fingerprint density at radius 3 is 2.50 bits per heavy atom. The second kappa shape index (κ2) is 13.5. The maximum Gasteiger partial charge on any atom is 0.273 e. The van der Waals surface area contributed by atoms with Gasteiger partial charge in [-0.1, -0.05) is 48.2 Å². The Morgan fingerprint density at radius 2 is 1.74 bits per heavy atom. The number of aromatic nitrogens is 4. The summed E-state index contributed by atoms with van der Waals surface area (Å²) in [6.07, 6.45) is 0.681. The number of methoxy groups -OCH3 is 3. The Bertz CT molecular complexity index is 1650. The lowest BCUT2D eigenvalue weighted by Crippen LogP contribution is -2.29. The van der Waals surface area contributed by atoms with E-state index < -0.39 is 0 Å². The van der Waals surface area contributed by atoms with Crippen molar-refractivity contribution in [2.75, 3.05) is 34.9 Å². The molecule has 3 aromatic carbocycles. The number of likely N-dealkylation sites (N-methyl/N-ethyl adjacent to an activating group) is 1. The van der Waals surface area contributed by atoms with E-state index in [9.17, 15) is 4.79 Å². The largest absolute Gasteiger partial charge is 0.497 e. The van der Waals surface area contributed by atoms with Crippen LogP contribution in [0.15, 0.2) is 83.3 Å². The molecule has 0 unspecified atom stereocenters. The van der Waals surface area contributed by atoms with Crippen molar-refractivity contribution in [2.24, 2.45) is 0 Å². The molecule has 5 rings (SSSR count). The van der Waals surface area contributed by atoms with Crippen LogP contribution in [0.4, 0.5) is 0 Å². The molecule has 9 nitrogen and oxygen atoms in total. The maximum absolute atomic E-state index is 13.1. The van der Waals surface area contributed by atoms with Crippen LogP contribution in [0.3, 0.4) is 0 Å². The van der Waals surface area contributed by atoms with E-state index in [4.69, 9.17) is 14.2 Å². The van der Waals surface area contributed by atoms with Crippen molar-refractivity contribution >= 4 is 29.0 Å². The molecule has 0 radical (unpaired) electrons.